The fourth-order valence-electron chi connectivity index (χ4n) is 2.90. The Morgan fingerprint density at radius 2 is 1.91 bits per heavy atom. The minimum Gasteiger partial charge on any atom is -0.461 e. The molecule has 1 aliphatic carbocycles. The normalized spacial score (nSPS) is 12.7. The van der Waals surface area contributed by atoms with E-state index >= 15 is 0 Å². The topological polar surface area (TPSA) is 57.5 Å². The summed E-state index contributed by atoms with van der Waals surface area (Å²) in [5.41, 5.74) is 3.17. The van der Waals surface area contributed by atoms with Crippen LogP contribution in [-0.2, 0) is 28.9 Å². The Labute approximate surface area is 134 Å². The molecule has 23 heavy (non-hydrogen) atoms. The van der Waals surface area contributed by atoms with E-state index in [9.17, 15) is 9.59 Å². The van der Waals surface area contributed by atoms with Crippen molar-refractivity contribution >= 4 is 12.1 Å². The highest BCUT2D eigenvalue weighted by Crippen LogP contribution is 2.28. The fourth-order valence-corrected chi connectivity index (χ4v) is 2.90. The second-order valence-corrected chi connectivity index (χ2v) is 5.47. The monoisotopic (exact) mass is 313 g/mol. The Hall–Kier alpha value is -2.56. The van der Waals surface area contributed by atoms with Crippen LogP contribution in [0.5, 0.6) is 0 Å². The van der Waals surface area contributed by atoms with Crippen LogP contribution in [0, 0.1) is 0 Å². The number of fused-ring (bicyclic) bond motifs is 1. The van der Waals surface area contributed by atoms with Crippen LogP contribution >= 0.6 is 0 Å². The van der Waals surface area contributed by atoms with Gasteiger partial charge >= 0.3 is 12.1 Å². The molecule has 5 heteroatoms. The quantitative estimate of drug-likeness (QED) is 0.812. The first-order valence-corrected chi connectivity index (χ1v) is 7.82. The average Bonchev–Trinajstić information content (AvgIpc) is 3.14. The largest absolute Gasteiger partial charge is 0.461 e. The summed E-state index contributed by atoms with van der Waals surface area (Å²) in [5, 5.41) is 0. The van der Waals surface area contributed by atoms with E-state index in [4.69, 9.17) is 9.47 Å². The number of carbonyl (C=O) groups excluding carboxylic acids is 2. The van der Waals surface area contributed by atoms with E-state index in [1.165, 1.54) is 4.57 Å². The van der Waals surface area contributed by atoms with Crippen LogP contribution in [0.1, 0.15) is 40.5 Å². The number of aromatic nitrogens is 1. The lowest BCUT2D eigenvalue weighted by molar-refractivity contribution is 0.0509. The zero-order valence-corrected chi connectivity index (χ0v) is 13.1. The van der Waals surface area contributed by atoms with Crippen molar-refractivity contribution < 1.29 is 19.1 Å². The van der Waals surface area contributed by atoms with Crippen LogP contribution in [0.4, 0.5) is 4.79 Å². The lowest BCUT2D eigenvalue weighted by atomic mass is 10.2. The van der Waals surface area contributed by atoms with E-state index in [1.807, 2.05) is 30.3 Å². The minimum atomic E-state index is -0.550. The van der Waals surface area contributed by atoms with Gasteiger partial charge in [-0.05, 0) is 42.9 Å². The van der Waals surface area contributed by atoms with Gasteiger partial charge in [-0.25, -0.2) is 14.2 Å². The molecular formula is C18H19NO4. The van der Waals surface area contributed by atoms with E-state index in [1.54, 1.807) is 13.1 Å². The summed E-state index contributed by atoms with van der Waals surface area (Å²) >= 11 is 0. The van der Waals surface area contributed by atoms with Crippen molar-refractivity contribution in [3.8, 4) is 0 Å². The van der Waals surface area contributed by atoms with Crippen molar-refractivity contribution in [3.05, 3.63) is 58.9 Å². The van der Waals surface area contributed by atoms with Gasteiger partial charge in [0.1, 0.15) is 12.3 Å². The Balaban J connectivity index is 1.81. The van der Waals surface area contributed by atoms with E-state index in [0.29, 0.717) is 5.69 Å². The molecule has 1 heterocycles. The zero-order valence-electron chi connectivity index (χ0n) is 13.1. The van der Waals surface area contributed by atoms with Crippen molar-refractivity contribution in [3.63, 3.8) is 0 Å². The molecule has 0 saturated carbocycles. The van der Waals surface area contributed by atoms with Crippen LogP contribution in [0.25, 0.3) is 0 Å². The van der Waals surface area contributed by atoms with Gasteiger partial charge in [0.05, 0.1) is 6.61 Å². The first kappa shape index (κ1) is 15.3. The molecule has 1 aromatic carbocycles. The number of benzene rings is 1. The molecule has 0 bridgehead atoms. The van der Waals surface area contributed by atoms with Crippen molar-refractivity contribution in [1.82, 2.24) is 4.57 Å². The van der Waals surface area contributed by atoms with Crippen molar-refractivity contribution in [2.75, 3.05) is 6.61 Å². The number of hydrogen-bond acceptors (Lipinski definition) is 4. The number of aryl methyl sites for hydroxylation is 1. The standard InChI is InChI=1S/C18H19NO4/c1-2-22-17(20)16-15-10-6-9-14(15)11-19(16)18(21)23-12-13-7-4-3-5-8-13/h3-5,7-8,11H,2,6,9-10,12H2,1H3. The lowest BCUT2D eigenvalue weighted by Gasteiger charge is -2.10. The molecule has 0 spiro atoms. The Morgan fingerprint density at radius 1 is 1.13 bits per heavy atom. The van der Waals surface area contributed by atoms with Gasteiger partial charge in [0.2, 0.25) is 0 Å². The Morgan fingerprint density at radius 3 is 2.65 bits per heavy atom. The van der Waals surface area contributed by atoms with Gasteiger partial charge in [-0.1, -0.05) is 30.3 Å². The Kier molecular flexibility index (Phi) is 4.46. The number of carbonyl (C=O) groups is 2. The third-order valence-electron chi connectivity index (χ3n) is 3.94. The van der Waals surface area contributed by atoms with E-state index < -0.39 is 12.1 Å². The van der Waals surface area contributed by atoms with Crippen LogP contribution < -0.4 is 0 Å². The summed E-state index contributed by atoms with van der Waals surface area (Å²) in [6.45, 7) is 2.20. The maximum Gasteiger partial charge on any atom is 0.419 e. The molecule has 0 atom stereocenters. The molecule has 1 aromatic heterocycles. The molecule has 120 valence electrons. The second kappa shape index (κ2) is 6.69. The number of rotatable bonds is 4. The minimum absolute atomic E-state index is 0.171. The maximum atomic E-state index is 12.4. The summed E-state index contributed by atoms with van der Waals surface area (Å²) in [6.07, 6.45) is 3.83. The summed E-state index contributed by atoms with van der Waals surface area (Å²) in [5.74, 6) is -0.465. The molecule has 1 aliphatic rings. The van der Waals surface area contributed by atoms with Gasteiger partial charge in [0.25, 0.3) is 0 Å². The second-order valence-electron chi connectivity index (χ2n) is 5.47. The zero-order chi connectivity index (χ0) is 16.2. The van der Waals surface area contributed by atoms with E-state index in [-0.39, 0.29) is 13.2 Å². The highest BCUT2D eigenvalue weighted by molar-refractivity contribution is 5.94. The highest BCUT2D eigenvalue weighted by Gasteiger charge is 2.28. The molecule has 0 aliphatic heterocycles. The summed E-state index contributed by atoms with van der Waals surface area (Å²) < 4.78 is 11.7. The van der Waals surface area contributed by atoms with E-state index in [2.05, 4.69) is 0 Å². The lowest BCUT2D eigenvalue weighted by Crippen LogP contribution is -2.20. The molecule has 0 N–H and O–H groups in total. The molecule has 0 amide bonds. The SMILES string of the molecule is CCOC(=O)c1c2c(cn1C(=O)OCc1ccccc1)CCC2. The number of ether oxygens (including phenoxy) is 2. The third-order valence-corrected chi connectivity index (χ3v) is 3.94. The van der Waals surface area contributed by atoms with Gasteiger partial charge < -0.3 is 9.47 Å². The predicted octanol–water partition coefficient (Wildman–Crippen LogP) is 3.34. The predicted molar refractivity (Wildman–Crippen MR) is 84.4 cm³/mol. The van der Waals surface area contributed by atoms with E-state index in [0.717, 1.165) is 36.0 Å². The van der Waals surface area contributed by atoms with Crippen LogP contribution in [0.2, 0.25) is 0 Å². The summed E-state index contributed by atoms with van der Waals surface area (Å²) in [6, 6.07) is 9.44. The maximum absolute atomic E-state index is 12.4. The van der Waals surface area contributed by atoms with Crippen LogP contribution in [0.3, 0.4) is 0 Å². The average molecular weight is 313 g/mol. The third kappa shape index (κ3) is 3.13. The molecular weight excluding hydrogens is 294 g/mol. The fraction of sp³-hybridized carbons (Fsp3) is 0.333. The highest BCUT2D eigenvalue weighted by atomic mass is 16.6. The van der Waals surface area contributed by atoms with Crippen LogP contribution in [-0.4, -0.2) is 23.2 Å². The van der Waals surface area contributed by atoms with Gasteiger partial charge in [0.15, 0.2) is 0 Å². The van der Waals surface area contributed by atoms with Crippen LogP contribution in [0.15, 0.2) is 36.5 Å². The molecule has 0 fully saturated rings. The Bertz CT molecular complexity index is 718. The smallest absolute Gasteiger partial charge is 0.419 e. The first-order chi connectivity index (χ1) is 11.2. The van der Waals surface area contributed by atoms with Crippen molar-refractivity contribution in [2.45, 2.75) is 32.8 Å². The summed E-state index contributed by atoms with van der Waals surface area (Å²) in [7, 11) is 0. The van der Waals surface area contributed by atoms with Gasteiger partial charge in [-0.15, -0.1) is 0 Å². The molecule has 0 unspecified atom stereocenters. The molecule has 3 rings (SSSR count). The molecule has 0 saturated heterocycles. The first-order valence-electron chi connectivity index (χ1n) is 7.82. The molecule has 0 radical (unpaired) electrons. The van der Waals surface area contributed by atoms with Gasteiger partial charge in [-0.2, -0.15) is 0 Å². The number of hydrogen-bond donors (Lipinski definition) is 0. The van der Waals surface area contributed by atoms with Crippen molar-refractivity contribution in [2.24, 2.45) is 0 Å². The number of nitrogens with zero attached hydrogens (tertiary/aromatic N) is 1. The van der Waals surface area contributed by atoms with Crippen molar-refractivity contribution in [1.29, 1.82) is 0 Å². The molecule has 5 nitrogen and oxygen atoms in total. The van der Waals surface area contributed by atoms with Gasteiger partial charge in [-0.3, -0.25) is 0 Å². The molecule has 2 aromatic rings. The number of esters is 1. The summed E-state index contributed by atoms with van der Waals surface area (Å²) in [4.78, 5) is 24.6. The van der Waals surface area contributed by atoms with Gasteiger partial charge in [0, 0.05) is 6.20 Å².